The molecule has 0 radical (unpaired) electrons. The molecule has 124 valence electrons. The summed E-state index contributed by atoms with van der Waals surface area (Å²) in [5.41, 5.74) is 1.71. The largest absolute Gasteiger partial charge is 0.481 e. The molecule has 23 heavy (non-hydrogen) atoms. The van der Waals surface area contributed by atoms with Crippen LogP contribution < -0.4 is 0 Å². The summed E-state index contributed by atoms with van der Waals surface area (Å²) >= 11 is 0. The van der Waals surface area contributed by atoms with Crippen LogP contribution in [0.15, 0.2) is 24.3 Å². The number of carboxylic acids is 1. The molecular weight excluding hydrogens is 298 g/mol. The van der Waals surface area contributed by atoms with Crippen molar-refractivity contribution in [1.29, 1.82) is 0 Å². The first-order valence-corrected chi connectivity index (χ1v) is 7.93. The lowest BCUT2D eigenvalue weighted by molar-refractivity contribution is -0.139. The Morgan fingerprint density at radius 3 is 2.78 bits per heavy atom. The van der Waals surface area contributed by atoms with Gasteiger partial charge in [0.15, 0.2) is 0 Å². The number of carbonyl (C=O) groups excluding carboxylic acids is 1. The molecule has 0 aromatic heterocycles. The molecule has 0 aliphatic carbocycles. The second-order valence-electron chi connectivity index (χ2n) is 6.01. The van der Waals surface area contributed by atoms with E-state index < -0.39 is 12.0 Å². The van der Waals surface area contributed by atoms with Crippen molar-refractivity contribution in [3.05, 3.63) is 35.4 Å². The molecule has 2 atom stereocenters. The Labute approximate surface area is 135 Å². The average molecular weight is 319 g/mol. The van der Waals surface area contributed by atoms with Gasteiger partial charge in [0.2, 0.25) is 0 Å². The molecule has 0 bridgehead atoms. The van der Waals surface area contributed by atoms with Crippen molar-refractivity contribution in [3.8, 4) is 0 Å². The SMILES string of the molecule is O=C(O)C[C@@H]1COCCN1C(=O)c1cccc([C@H]2CCOC2)c1. The number of benzene rings is 1. The van der Waals surface area contributed by atoms with Gasteiger partial charge in [-0.05, 0) is 24.1 Å². The summed E-state index contributed by atoms with van der Waals surface area (Å²) in [6, 6.07) is 7.19. The highest BCUT2D eigenvalue weighted by atomic mass is 16.5. The van der Waals surface area contributed by atoms with Crippen LogP contribution >= 0.6 is 0 Å². The van der Waals surface area contributed by atoms with Gasteiger partial charge in [0.25, 0.3) is 5.91 Å². The van der Waals surface area contributed by atoms with Crippen LogP contribution in [0.2, 0.25) is 0 Å². The highest BCUT2D eigenvalue weighted by Crippen LogP contribution is 2.26. The van der Waals surface area contributed by atoms with Crippen LogP contribution in [0.4, 0.5) is 0 Å². The summed E-state index contributed by atoms with van der Waals surface area (Å²) in [6.07, 6.45) is 0.874. The molecule has 2 fully saturated rings. The molecule has 0 saturated carbocycles. The molecule has 0 unspecified atom stereocenters. The molecule has 1 aromatic rings. The maximum absolute atomic E-state index is 12.8. The number of hydrogen-bond acceptors (Lipinski definition) is 4. The third kappa shape index (κ3) is 3.71. The molecule has 1 aromatic carbocycles. The van der Waals surface area contributed by atoms with Gasteiger partial charge in [-0.1, -0.05) is 12.1 Å². The summed E-state index contributed by atoms with van der Waals surface area (Å²) in [5.74, 6) is -0.710. The predicted molar refractivity (Wildman–Crippen MR) is 82.5 cm³/mol. The number of nitrogens with zero attached hydrogens (tertiary/aromatic N) is 1. The number of ether oxygens (including phenoxy) is 2. The van der Waals surface area contributed by atoms with Crippen molar-refractivity contribution in [2.75, 3.05) is 33.0 Å². The minimum absolute atomic E-state index is 0.0953. The first kappa shape index (κ1) is 16.0. The smallest absolute Gasteiger partial charge is 0.305 e. The number of hydrogen-bond donors (Lipinski definition) is 1. The van der Waals surface area contributed by atoms with Crippen LogP contribution in [-0.4, -0.2) is 60.9 Å². The lowest BCUT2D eigenvalue weighted by Crippen LogP contribution is -2.49. The number of rotatable bonds is 4. The van der Waals surface area contributed by atoms with E-state index in [0.717, 1.165) is 18.6 Å². The number of morpholine rings is 1. The standard InChI is InChI=1S/C17H21NO5/c19-16(20)9-15-11-23-7-5-18(15)17(21)13-3-1-2-12(8-13)14-4-6-22-10-14/h1-3,8,14-15H,4-7,9-11H2,(H,19,20)/t14-,15+/m0/s1. The van der Waals surface area contributed by atoms with Gasteiger partial charge in [-0.25, -0.2) is 0 Å². The summed E-state index contributed by atoms with van der Waals surface area (Å²) in [5, 5.41) is 9.02. The van der Waals surface area contributed by atoms with E-state index in [9.17, 15) is 9.59 Å². The van der Waals surface area contributed by atoms with E-state index >= 15 is 0 Å². The van der Waals surface area contributed by atoms with E-state index in [1.54, 1.807) is 11.0 Å². The van der Waals surface area contributed by atoms with Crippen LogP contribution in [0.1, 0.15) is 34.7 Å². The zero-order valence-electron chi connectivity index (χ0n) is 12.9. The summed E-state index contributed by atoms with van der Waals surface area (Å²) in [6.45, 7) is 2.59. The molecule has 2 aliphatic rings. The van der Waals surface area contributed by atoms with Crippen molar-refractivity contribution in [1.82, 2.24) is 4.90 Å². The van der Waals surface area contributed by atoms with Crippen LogP contribution in [0.5, 0.6) is 0 Å². The Kier molecular flexibility index (Phi) is 4.93. The Bertz CT molecular complexity index is 582. The molecular formula is C17H21NO5. The van der Waals surface area contributed by atoms with Gasteiger partial charge in [0.1, 0.15) is 0 Å². The van der Waals surface area contributed by atoms with E-state index in [0.29, 0.717) is 31.2 Å². The van der Waals surface area contributed by atoms with Gasteiger partial charge in [-0.3, -0.25) is 9.59 Å². The van der Waals surface area contributed by atoms with E-state index in [1.807, 2.05) is 18.2 Å². The molecule has 1 N–H and O–H groups in total. The Morgan fingerprint density at radius 1 is 1.22 bits per heavy atom. The first-order chi connectivity index (χ1) is 11.1. The first-order valence-electron chi connectivity index (χ1n) is 7.93. The van der Waals surface area contributed by atoms with E-state index in [-0.39, 0.29) is 18.9 Å². The minimum Gasteiger partial charge on any atom is -0.481 e. The molecule has 6 heteroatoms. The van der Waals surface area contributed by atoms with Gasteiger partial charge < -0.3 is 19.5 Å². The third-order valence-electron chi connectivity index (χ3n) is 4.43. The molecule has 2 heterocycles. The Morgan fingerprint density at radius 2 is 2.04 bits per heavy atom. The molecule has 6 nitrogen and oxygen atoms in total. The normalized spacial score (nSPS) is 24.6. The summed E-state index contributed by atoms with van der Waals surface area (Å²) < 4.78 is 10.7. The second-order valence-corrected chi connectivity index (χ2v) is 6.01. The maximum Gasteiger partial charge on any atom is 0.305 e. The van der Waals surface area contributed by atoms with Crippen molar-refractivity contribution < 1.29 is 24.2 Å². The fourth-order valence-electron chi connectivity index (χ4n) is 3.18. The number of aliphatic carboxylic acids is 1. The highest BCUT2D eigenvalue weighted by molar-refractivity contribution is 5.95. The minimum atomic E-state index is -0.921. The maximum atomic E-state index is 12.8. The fourth-order valence-corrected chi connectivity index (χ4v) is 3.18. The van der Waals surface area contributed by atoms with Crippen molar-refractivity contribution in [2.45, 2.75) is 24.8 Å². The predicted octanol–water partition coefficient (Wildman–Crippen LogP) is 1.51. The molecule has 2 saturated heterocycles. The van der Waals surface area contributed by atoms with Gasteiger partial charge in [-0.2, -0.15) is 0 Å². The quantitative estimate of drug-likeness (QED) is 0.910. The third-order valence-corrected chi connectivity index (χ3v) is 4.43. The fraction of sp³-hybridized carbons (Fsp3) is 0.529. The summed E-state index contributed by atoms with van der Waals surface area (Å²) in [7, 11) is 0. The average Bonchev–Trinajstić information content (AvgIpc) is 3.09. The van der Waals surface area contributed by atoms with Crippen LogP contribution in [0, 0.1) is 0 Å². The van der Waals surface area contributed by atoms with E-state index in [2.05, 4.69) is 0 Å². The van der Waals surface area contributed by atoms with Crippen LogP contribution in [0.3, 0.4) is 0 Å². The highest BCUT2D eigenvalue weighted by Gasteiger charge is 2.30. The van der Waals surface area contributed by atoms with Crippen molar-refractivity contribution in [3.63, 3.8) is 0 Å². The van der Waals surface area contributed by atoms with Crippen LogP contribution in [-0.2, 0) is 14.3 Å². The molecule has 0 spiro atoms. The number of carbonyl (C=O) groups is 2. The second kappa shape index (κ2) is 7.10. The molecule has 1 amide bonds. The number of carboxylic acid groups (broad SMARTS) is 1. The van der Waals surface area contributed by atoms with Gasteiger partial charge >= 0.3 is 5.97 Å². The lowest BCUT2D eigenvalue weighted by Gasteiger charge is -2.35. The molecule has 2 aliphatic heterocycles. The number of amides is 1. The monoisotopic (exact) mass is 319 g/mol. The molecule has 3 rings (SSSR count). The Balaban J connectivity index is 1.78. The lowest BCUT2D eigenvalue weighted by atomic mass is 9.96. The van der Waals surface area contributed by atoms with Gasteiger partial charge in [0, 0.05) is 24.6 Å². The summed E-state index contributed by atoms with van der Waals surface area (Å²) in [4.78, 5) is 25.4. The van der Waals surface area contributed by atoms with E-state index in [4.69, 9.17) is 14.6 Å². The van der Waals surface area contributed by atoms with Crippen molar-refractivity contribution >= 4 is 11.9 Å². The van der Waals surface area contributed by atoms with E-state index in [1.165, 1.54) is 0 Å². The van der Waals surface area contributed by atoms with Crippen molar-refractivity contribution in [2.24, 2.45) is 0 Å². The zero-order chi connectivity index (χ0) is 16.2. The topological polar surface area (TPSA) is 76.1 Å². The zero-order valence-corrected chi connectivity index (χ0v) is 12.9. The van der Waals surface area contributed by atoms with Gasteiger partial charge in [-0.15, -0.1) is 0 Å². The van der Waals surface area contributed by atoms with Gasteiger partial charge in [0.05, 0.1) is 32.3 Å². The Hall–Kier alpha value is -1.92. The van der Waals surface area contributed by atoms with Crippen LogP contribution in [0.25, 0.3) is 0 Å².